The highest BCUT2D eigenvalue weighted by Crippen LogP contribution is 2.20. The van der Waals surface area contributed by atoms with Crippen molar-refractivity contribution in [1.82, 2.24) is 20.2 Å². The molecule has 1 amide bonds. The van der Waals surface area contributed by atoms with Crippen LogP contribution in [0.2, 0.25) is 0 Å². The summed E-state index contributed by atoms with van der Waals surface area (Å²) in [5.41, 5.74) is 0. The second-order valence-electron chi connectivity index (χ2n) is 7.75. The normalized spacial score (nSPS) is 26.2. The number of piperidine rings is 2. The molecule has 0 aliphatic carbocycles. The Morgan fingerprint density at radius 2 is 2.00 bits per heavy atom. The third kappa shape index (κ3) is 5.14. The summed E-state index contributed by atoms with van der Waals surface area (Å²) in [6.07, 6.45) is 8.08. The van der Waals surface area contributed by atoms with Crippen LogP contribution in [0.5, 0.6) is 0 Å². The first kappa shape index (κ1) is 18.1. The van der Waals surface area contributed by atoms with Crippen LogP contribution in [0.3, 0.4) is 0 Å². The fourth-order valence-corrected chi connectivity index (χ4v) is 4.07. The smallest absolute Gasteiger partial charge is 0.225 e. The lowest BCUT2D eigenvalue weighted by atomic mass is 9.97. The Hall–Kier alpha value is -1.69. The van der Waals surface area contributed by atoms with Gasteiger partial charge in [-0.3, -0.25) is 4.79 Å². The molecule has 0 spiro atoms. The number of rotatable bonds is 5. The van der Waals surface area contributed by atoms with Gasteiger partial charge in [0.05, 0.1) is 5.92 Å². The number of likely N-dealkylation sites (tertiary alicyclic amines) is 1. The lowest BCUT2D eigenvalue weighted by Gasteiger charge is -2.35. The number of nitrogens with zero attached hydrogens (tertiary/aromatic N) is 4. The minimum absolute atomic E-state index is 0.0280. The van der Waals surface area contributed by atoms with E-state index in [1.807, 2.05) is 6.07 Å². The number of anilines is 1. The Labute approximate surface area is 151 Å². The van der Waals surface area contributed by atoms with Crippen molar-refractivity contribution < 1.29 is 4.79 Å². The molecular weight excluding hydrogens is 314 g/mol. The third-order valence-electron chi connectivity index (χ3n) is 5.29. The molecule has 6 nitrogen and oxygen atoms in total. The molecule has 3 rings (SSSR count). The van der Waals surface area contributed by atoms with Gasteiger partial charge in [-0.05, 0) is 51.1 Å². The number of hydrogen-bond donors (Lipinski definition) is 1. The van der Waals surface area contributed by atoms with Gasteiger partial charge in [-0.1, -0.05) is 6.92 Å². The Kier molecular flexibility index (Phi) is 6.24. The monoisotopic (exact) mass is 345 g/mol. The zero-order valence-electron chi connectivity index (χ0n) is 15.5. The SMILES string of the molecule is CC1CCCN(CC(C)NC(=O)C2CCCN(c3ncccn3)C2)C1. The second-order valence-corrected chi connectivity index (χ2v) is 7.75. The molecule has 2 fully saturated rings. The summed E-state index contributed by atoms with van der Waals surface area (Å²) in [5.74, 6) is 1.71. The quantitative estimate of drug-likeness (QED) is 0.883. The molecule has 25 heavy (non-hydrogen) atoms. The predicted molar refractivity (Wildman–Crippen MR) is 99.4 cm³/mol. The van der Waals surface area contributed by atoms with E-state index in [4.69, 9.17) is 0 Å². The highest BCUT2D eigenvalue weighted by molar-refractivity contribution is 5.79. The summed E-state index contributed by atoms with van der Waals surface area (Å²) in [6, 6.07) is 2.02. The number of hydrogen-bond acceptors (Lipinski definition) is 5. The van der Waals surface area contributed by atoms with E-state index in [2.05, 4.69) is 38.9 Å². The van der Waals surface area contributed by atoms with Gasteiger partial charge in [0, 0.05) is 44.6 Å². The molecule has 2 aliphatic heterocycles. The average molecular weight is 345 g/mol. The molecule has 0 aromatic carbocycles. The average Bonchev–Trinajstić information content (AvgIpc) is 2.62. The van der Waals surface area contributed by atoms with Gasteiger partial charge in [-0.15, -0.1) is 0 Å². The lowest BCUT2D eigenvalue weighted by Crippen LogP contribution is -2.49. The Bertz CT molecular complexity index is 552. The van der Waals surface area contributed by atoms with Crippen LogP contribution in [0.15, 0.2) is 18.5 Å². The van der Waals surface area contributed by atoms with Crippen LogP contribution in [0.1, 0.15) is 39.5 Å². The van der Waals surface area contributed by atoms with Crippen LogP contribution in [0.25, 0.3) is 0 Å². The van der Waals surface area contributed by atoms with Crippen molar-refractivity contribution in [2.45, 2.75) is 45.6 Å². The molecule has 1 aromatic heterocycles. The third-order valence-corrected chi connectivity index (χ3v) is 5.29. The van der Waals surface area contributed by atoms with E-state index in [9.17, 15) is 4.79 Å². The predicted octanol–water partition coefficient (Wildman–Crippen LogP) is 1.93. The van der Waals surface area contributed by atoms with Crippen LogP contribution in [0, 0.1) is 11.8 Å². The van der Waals surface area contributed by atoms with Crippen LogP contribution in [-0.2, 0) is 4.79 Å². The lowest BCUT2D eigenvalue weighted by molar-refractivity contribution is -0.126. The molecule has 3 atom stereocenters. The second kappa shape index (κ2) is 8.61. The first-order valence-electron chi connectivity index (χ1n) is 9.66. The van der Waals surface area contributed by atoms with Gasteiger partial charge in [0.2, 0.25) is 11.9 Å². The standard InChI is InChI=1S/C19H31N5O/c1-15-6-3-10-23(12-15)13-16(2)22-18(25)17-7-4-11-24(14-17)19-20-8-5-9-21-19/h5,8-9,15-17H,3-4,6-7,10-14H2,1-2H3,(H,22,25). The first-order chi connectivity index (χ1) is 12.1. The molecule has 138 valence electrons. The Morgan fingerprint density at radius 3 is 2.76 bits per heavy atom. The molecule has 0 bridgehead atoms. The highest BCUT2D eigenvalue weighted by atomic mass is 16.2. The zero-order valence-corrected chi connectivity index (χ0v) is 15.5. The van der Waals surface area contributed by atoms with Crippen molar-refractivity contribution in [3.05, 3.63) is 18.5 Å². The van der Waals surface area contributed by atoms with Crippen LogP contribution < -0.4 is 10.2 Å². The summed E-state index contributed by atoms with van der Waals surface area (Å²) in [7, 11) is 0. The number of carbonyl (C=O) groups excluding carboxylic acids is 1. The highest BCUT2D eigenvalue weighted by Gasteiger charge is 2.28. The number of nitrogens with one attached hydrogen (secondary N) is 1. The zero-order chi connectivity index (χ0) is 17.6. The van der Waals surface area contributed by atoms with Gasteiger partial charge in [0.25, 0.3) is 0 Å². The summed E-state index contributed by atoms with van der Waals surface area (Å²) in [5, 5.41) is 3.24. The number of aromatic nitrogens is 2. The van der Waals surface area contributed by atoms with Crippen molar-refractivity contribution in [3.8, 4) is 0 Å². The summed E-state index contributed by atoms with van der Waals surface area (Å²) < 4.78 is 0. The van der Waals surface area contributed by atoms with Gasteiger partial charge < -0.3 is 15.1 Å². The maximum Gasteiger partial charge on any atom is 0.225 e. The van der Waals surface area contributed by atoms with Gasteiger partial charge in [0.15, 0.2) is 0 Å². The van der Waals surface area contributed by atoms with Crippen molar-refractivity contribution >= 4 is 11.9 Å². The number of amides is 1. The molecule has 1 N–H and O–H groups in total. The van der Waals surface area contributed by atoms with E-state index < -0.39 is 0 Å². The molecule has 1 aromatic rings. The molecule has 0 saturated carbocycles. The topological polar surface area (TPSA) is 61.4 Å². The van der Waals surface area contributed by atoms with Gasteiger partial charge in [-0.2, -0.15) is 0 Å². The largest absolute Gasteiger partial charge is 0.352 e. The molecule has 0 radical (unpaired) electrons. The fourth-order valence-electron chi connectivity index (χ4n) is 4.07. The molecular formula is C19H31N5O. The van der Waals surface area contributed by atoms with E-state index in [1.165, 1.54) is 12.8 Å². The summed E-state index contributed by atoms with van der Waals surface area (Å²) >= 11 is 0. The fraction of sp³-hybridized carbons (Fsp3) is 0.737. The molecule has 3 unspecified atom stereocenters. The maximum atomic E-state index is 12.7. The van der Waals surface area contributed by atoms with E-state index in [0.29, 0.717) is 6.54 Å². The van der Waals surface area contributed by atoms with Crippen molar-refractivity contribution in [2.24, 2.45) is 11.8 Å². The molecule has 2 aliphatic rings. The summed E-state index contributed by atoms with van der Waals surface area (Å²) in [6.45, 7) is 9.35. The minimum Gasteiger partial charge on any atom is -0.352 e. The Morgan fingerprint density at radius 1 is 1.24 bits per heavy atom. The van der Waals surface area contributed by atoms with E-state index in [1.54, 1.807) is 12.4 Å². The van der Waals surface area contributed by atoms with Crippen molar-refractivity contribution in [1.29, 1.82) is 0 Å². The molecule has 6 heteroatoms. The maximum absolute atomic E-state index is 12.7. The first-order valence-corrected chi connectivity index (χ1v) is 9.66. The van der Waals surface area contributed by atoms with Gasteiger partial charge >= 0.3 is 0 Å². The number of carbonyl (C=O) groups is 1. The van der Waals surface area contributed by atoms with Crippen LogP contribution in [-0.4, -0.2) is 59.5 Å². The molecule has 3 heterocycles. The van der Waals surface area contributed by atoms with E-state index in [-0.39, 0.29) is 17.9 Å². The summed E-state index contributed by atoms with van der Waals surface area (Å²) in [4.78, 5) is 26.0. The van der Waals surface area contributed by atoms with Gasteiger partial charge in [0.1, 0.15) is 0 Å². The van der Waals surface area contributed by atoms with Crippen LogP contribution in [0.4, 0.5) is 5.95 Å². The van der Waals surface area contributed by atoms with Crippen molar-refractivity contribution in [3.63, 3.8) is 0 Å². The van der Waals surface area contributed by atoms with Gasteiger partial charge in [-0.25, -0.2) is 9.97 Å². The van der Waals surface area contributed by atoms with E-state index >= 15 is 0 Å². The molecule has 2 saturated heterocycles. The Balaban J connectivity index is 1.48. The van der Waals surface area contributed by atoms with E-state index in [0.717, 1.165) is 50.9 Å². The van der Waals surface area contributed by atoms with Crippen molar-refractivity contribution in [2.75, 3.05) is 37.6 Å². The van der Waals surface area contributed by atoms with Crippen LogP contribution >= 0.6 is 0 Å². The minimum atomic E-state index is 0.0280.